The molecule has 0 bridgehead atoms. The highest BCUT2D eigenvalue weighted by molar-refractivity contribution is 6.02. The monoisotopic (exact) mass is 399 g/mol. The summed E-state index contributed by atoms with van der Waals surface area (Å²) in [6.45, 7) is 0. The van der Waals surface area contributed by atoms with Gasteiger partial charge in [-0.05, 0) is 42.2 Å². The van der Waals surface area contributed by atoms with Gasteiger partial charge in [0.1, 0.15) is 5.52 Å². The molecule has 0 saturated heterocycles. The first kappa shape index (κ1) is 17.9. The molecule has 0 saturated carbocycles. The standard InChI is InChI=1S/C21H16F3N3O2/c22-21(23,24)15-5-2-4-13-18(15)25-10-17-19(13)29-20(27-17)26-16-6-1-3-11-7-8-12(28)9-14(11)16/h1-6,10,12,28H,7-9H2,(H,26,27)/t12-/m0/s1. The first-order valence-electron chi connectivity index (χ1n) is 9.21. The lowest BCUT2D eigenvalue weighted by molar-refractivity contribution is -0.136. The van der Waals surface area contributed by atoms with Crippen LogP contribution in [0.2, 0.25) is 0 Å². The predicted molar refractivity (Wildman–Crippen MR) is 102 cm³/mol. The van der Waals surface area contributed by atoms with Gasteiger partial charge in [0.05, 0.1) is 23.4 Å². The van der Waals surface area contributed by atoms with Gasteiger partial charge in [0.25, 0.3) is 6.01 Å². The second kappa shape index (κ2) is 6.45. The number of fused-ring (bicyclic) bond motifs is 4. The summed E-state index contributed by atoms with van der Waals surface area (Å²) >= 11 is 0. The molecule has 5 rings (SSSR count). The average Bonchev–Trinajstić information content (AvgIpc) is 3.10. The van der Waals surface area contributed by atoms with Crippen LogP contribution in [-0.4, -0.2) is 21.2 Å². The van der Waals surface area contributed by atoms with Crippen LogP contribution in [0.5, 0.6) is 0 Å². The van der Waals surface area contributed by atoms with Crippen molar-refractivity contribution >= 4 is 33.7 Å². The van der Waals surface area contributed by atoms with Crippen LogP contribution in [-0.2, 0) is 19.0 Å². The van der Waals surface area contributed by atoms with E-state index in [9.17, 15) is 18.3 Å². The van der Waals surface area contributed by atoms with Crippen molar-refractivity contribution in [3.63, 3.8) is 0 Å². The number of pyridine rings is 1. The molecule has 2 heterocycles. The number of halogens is 3. The van der Waals surface area contributed by atoms with Crippen LogP contribution in [0.15, 0.2) is 47.0 Å². The summed E-state index contributed by atoms with van der Waals surface area (Å²) < 4.78 is 45.6. The Hall–Kier alpha value is -3.13. The Balaban J connectivity index is 1.59. The topological polar surface area (TPSA) is 71.2 Å². The zero-order chi connectivity index (χ0) is 20.2. The van der Waals surface area contributed by atoms with Crippen LogP contribution in [0.1, 0.15) is 23.1 Å². The molecule has 0 radical (unpaired) electrons. The van der Waals surface area contributed by atoms with E-state index < -0.39 is 17.8 Å². The summed E-state index contributed by atoms with van der Waals surface area (Å²) in [5.74, 6) is 0. The number of aliphatic hydroxyl groups is 1. The molecule has 5 nitrogen and oxygen atoms in total. The van der Waals surface area contributed by atoms with Crippen molar-refractivity contribution in [3.05, 3.63) is 59.3 Å². The third kappa shape index (κ3) is 3.09. The summed E-state index contributed by atoms with van der Waals surface area (Å²) in [5, 5.41) is 13.4. The Morgan fingerprint density at radius 3 is 2.79 bits per heavy atom. The fourth-order valence-electron chi connectivity index (χ4n) is 3.89. The Morgan fingerprint density at radius 2 is 1.97 bits per heavy atom. The molecule has 0 amide bonds. The summed E-state index contributed by atoms with van der Waals surface area (Å²) in [6, 6.07) is 9.83. The van der Waals surface area contributed by atoms with Gasteiger partial charge >= 0.3 is 6.18 Å². The normalized spacial score (nSPS) is 16.9. The van der Waals surface area contributed by atoms with Crippen molar-refractivity contribution in [1.29, 1.82) is 0 Å². The number of para-hydroxylation sites is 1. The van der Waals surface area contributed by atoms with Crippen molar-refractivity contribution in [3.8, 4) is 0 Å². The molecule has 0 unspecified atom stereocenters. The minimum atomic E-state index is -4.51. The maximum absolute atomic E-state index is 13.3. The average molecular weight is 399 g/mol. The summed E-state index contributed by atoms with van der Waals surface area (Å²) in [4.78, 5) is 8.31. The first-order valence-corrected chi connectivity index (χ1v) is 9.21. The molecule has 8 heteroatoms. The molecule has 148 valence electrons. The van der Waals surface area contributed by atoms with Crippen LogP contribution in [0.25, 0.3) is 22.0 Å². The summed E-state index contributed by atoms with van der Waals surface area (Å²) in [6.07, 6.45) is -1.59. The lowest BCUT2D eigenvalue weighted by Crippen LogP contribution is -2.19. The van der Waals surface area contributed by atoms with Gasteiger partial charge in [-0.15, -0.1) is 0 Å². The van der Waals surface area contributed by atoms with Crippen molar-refractivity contribution in [2.75, 3.05) is 5.32 Å². The Labute approximate surface area is 163 Å². The second-order valence-corrected chi connectivity index (χ2v) is 7.16. The first-order chi connectivity index (χ1) is 13.9. The van der Waals surface area contributed by atoms with Gasteiger partial charge in [0.15, 0.2) is 5.58 Å². The highest BCUT2D eigenvalue weighted by atomic mass is 19.4. The van der Waals surface area contributed by atoms with E-state index in [4.69, 9.17) is 4.42 Å². The Bertz CT molecular complexity index is 1230. The molecule has 0 aliphatic heterocycles. The van der Waals surface area contributed by atoms with Gasteiger partial charge in [-0.25, -0.2) is 0 Å². The zero-order valence-corrected chi connectivity index (χ0v) is 15.1. The lowest BCUT2D eigenvalue weighted by atomic mass is 9.88. The number of nitrogens with one attached hydrogen (secondary N) is 1. The third-order valence-corrected chi connectivity index (χ3v) is 5.26. The van der Waals surface area contributed by atoms with E-state index in [1.807, 2.05) is 18.2 Å². The number of rotatable bonds is 2. The highest BCUT2D eigenvalue weighted by Gasteiger charge is 2.33. The number of oxazole rings is 1. The number of nitrogens with zero attached hydrogens (tertiary/aromatic N) is 2. The number of aryl methyl sites for hydroxylation is 1. The van der Waals surface area contributed by atoms with E-state index in [1.165, 1.54) is 18.3 Å². The Kier molecular flexibility index (Phi) is 3.99. The van der Waals surface area contributed by atoms with Crippen LogP contribution in [0, 0.1) is 0 Å². The fourth-order valence-corrected chi connectivity index (χ4v) is 3.89. The summed E-state index contributed by atoms with van der Waals surface area (Å²) in [7, 11) is 0. The third-order valence-electron chi connectivity index (χ3n) is 5.26. The minimum Gasteiger partial charge on any atom is -0.423 e. The quantitative estimate of drug-likeness (QED) is 0.497. The molecule has 2 aromatic carbocycles. The maximum atomic E-state index is 13.3. The maximum Gasteiger partial charge on any atom is 0.418 e. The van der Waals surface area contributed by atoms with Crippen LogP contribution in [0.4, 0.5) is 24.9 Å². The van der Waals surface area contributed by atoms with Crippen molar-refractivity contribution < 1.29 is 22.7 Å². The van der Waals surface area contributed by atoms with Crippen LogP contribution < -0.4 is 5.32 Å². The molecular formula is C21H16F3N3O2. The van der Waals surface area contributed by atoms with E-state index >= 15 is 0 Å². The number of aromatic nitrogens is 2. The highest BCUT2D eigenvalue weighted by Crippen LogP contribution is 2.37. The number of hydrogen-bond acceptors (Lipinski definition) is 5. The molecule has 2 N–H and O–H groups in total. The minimum absolute atomic E-state index is 0.167. The number of alkyl halides is 3. The van der Waals surface area contributed by atoms with Crippen molar-refractivity contribution in [1.82, 2.24) is 9.97 Å². The number of hydrogen-bond donors (Lipinski definition) is 2. The molecule has 0 spiro atoms. The SMILES string of the molecule is O[C@H]1CCc2cccc(Nc3nc4cnc5c(C(F)(F)F)cccc5c4o3)c2C1. The molecule has 1 aliphatic carbocycles. The molecule has 4 aromatic rings. The van der Waals surface area contributed by atoms with Gasteiger partial charge in [-0.1, -0.05) is 18.2 Å². The predicted octanol–water partition coefficient (Wildman–Crippen LogP) is 4.99. The second-order valence-electron chi connectivity index (χ2n) is 7.16. The van der Waals surface area contributed by atoms with Gasteiger partial charge in [-0.2, -0.15) is 18.2 Å². The van der Waals surface area contributed by atoms with Gasteiger partial charge in [0.2, 0.25) is 0 Å². The lowest BCUT2D eigenvalue weighted by Gasteiger charge is -2.23. The van der Waals surface area contributed by atoms with Crippen molar-refractivity contribution in [2.24, 2.45) is 0 Å². The van der Waals surface area contributed by atoms with E-state index in [0.29, 0.717) is 11.9 Å². The molecule has 1 atom stereocenters. The zero-order valence-electron chi connectivity index (χ0n) is 15.1. The van der Waals surface area contributed by atoms with Crippen molar-refractivity contribution in [2.45, 2.75) is 31.5 Å². The smallest absolute Gasteiger partial charge is 0.418 e. The van der Waals surface area contributed by atoms with E-state index in [2.05, 4.69) is 15.3 Å². The van der Waals surface area contributed by atoms with Crippen LogP contribution >= 0.6 is 0 Å². The van der Waals surface area contributed by atoms with E-state index in [-0.39, 0.29) is 22.5 Å². The molecule has 2 aromatic heterocycles. The largest absolute Gasteiger partial charge is 0.423 e. The fraction of sp³-hybridized carbons (Fsp3) is 0.238. The van der Waals surface area contributed by atoms with Crippen LogP contribution in [0.3, 0.4) is 0 Å². The summed E-state index contributed by atoms with van der Waals surface area (Å²) in [5.41, 5.74) is 2.54. The molecule has 0 fully saturated rings. The van der Waals surface area contributed by atoms with Gasteiger partial charge in [0, 0.05) is 17.5 Å². The number of benzene rings is 2. The molecule has 29 heavy (non-hydrogen) atoms. The molecule has 1 aliphatic rings. The Morgan fingerprint density at radius 1 is 1.14 bits per heavy atom. The van der Waals surface area contributed by atoms with E-state index in [0.717, 1.165) is 35.7 Å². The molecular weight excluding hydrogens is 383 g/mol. The van der Waals surface area contributed by atoms with Gasteiger partial charge in [-0.3, -0.25) is 4.98 Å². The number of aliphatic hydroxyl groups excluding tert-OH is 1. The number of anilines is 2. The van der Waals surface area contributed by atoms with Gasteiger partial charge < -0.3 is 14.8 Å². The van der Waals surface area contributed by atoms with E-state index in [1.54, 1.807) is 0 Å².